The summed E-state index contributed by atoms with van der Waals surface area (Å²) in [6.07, 6.45) is 0. The highest BCUT2D eigenvalue weighted by atomic mass is 28.3. The molecule has 0 atom stereocenters. The van der Waals surface area contributed by atoms with Gasteiger partial charge in [-0.2, -0.15) is 0 Å². The minimum absolute atomic E-state index is 0. The Morgan fingerprint density at radius 2 is 0.583 bits per heavy atom. The van der Waals surface area contributed by atoms with Gasteiger partial charge in [0.05, 0.1) is 0 Å². The molecule has 0 saturated heterocycles. The minimum Gasteiger partial charge on any atom is -0.672 e. The lowest BCUT2D eigenvalue weighted by Crippen LogP contribution is -2.34. The summed E-state index contributed by atoms with van der Waals surface area (Å²) in [4.78, 5) is 17.0. The van der Waals surface area contributed by atoms with Gasteiger partial charge in [0.1, 0.15) is 0 Å². The van der Waals surface area contributed by atoms with E-state index in [0.717, 1.165) is 0 Å². The van der Waals surface area contributed by atoms with E-state index < -0.39 is 9.17 Å². The molecule has 0 radical (unpaired) electrons. The molecule has 0 spiro atoms. The van der Waals surface area contributed by atoms with Crippen molar-refractivity contribution >= 4 is 9.17 Å². The topological polar surface area (TPSA) is 315 Å². The second kappa shape index (κ2) is 169. The summed E-state index contributed by atoms with van der Waals surface area (Å²) >= 11 is 0. The van der Waals surface area contributed by atoms with Crippen LogP contribution in [0, 0.1) is 0 Å². The molecule has 0 aliphatic heterocycles. The monoisotopic (exact) mass is 220 g/mol. The Morgan fingerprint density at radius 3 is 0.583 bits per heavy atom. The van der Waals surface area contributed by atoms with Crippen LogP contribution < -0.4 is 9.59 Å². The maximum atomic E-state index is 8.52. The molecule has 0 aromatic rings. The minimum atomic E-state index is -3.63. The molecule has 0 aliphatic rings. The Kier molecular flexibility index (Phi) is 3190. The van der Waals surface area contributed by atoms with E-state index >= 15 is 0 Å². The molecule has 0 fully saturated rings. The van der Waals surface area contributed by atoms with E-state index in [2.05, 4.69) is 0 Å². The molecule has 0 rings (SSSR count). The van der Waals surface area contributed by atoms with Crippen LogP contribution in [0.4, 0.5) is 0 Å². The lowest BCUT2D eigenvalue weighted by molar-refractivity contribution is -0.354. The summed E-state index contributed by atoms with van der Waals surface area (Å²) in [6.45, 7) is 0. The van der Waals surface area contributed by atoms with Crippen LogP contribution in [0.25, 0.3) is 0 Å². The third kappa shape index (κ3) is 1290. The van der Waals surface area contributed by atoms with Gasteiger partial charge in [-0.05, 0) is 0 Å². The number of rotatable bonds is 0. The number of hydrogen-bond donors (Lipinski definition) is 0. The second-order valence-corrected chi connectivity index (χ2v) is 0.750. The molecule has 12 heteroatoms. The fourth-order valence-electron chi connectivity index (χ4n) is 0. The molecule has 0 aliphatic carbocycles. The van der Waals surface area contributed by atoms with Gasteiger partial charge in [0, 0.05) is 9.17 Å². The van der Waals surface area contributed by atoms with Crippen LogP contribution in [0.3, 0.4) is 0 Å². The zero-order valence-electron chi connectivity index (χ0n) is 5.72. The lowest BCUT2D eigenvalue weighted by Gasteiger charge is -1.94. The van der Waals surface area contributed by atoms with Gasteiger partial charge in [0.25, 0.3) is 0 Å². The Balaban J connectivity index is -0.00000000161. The maximum Gasteiger partial charge on any atom is 0.0172 e. The van der Waals surface area contributed by atoms with Crippen molar-refractivity contribution in [1.82, 2.24) is 0 Å². The highest BCUT2D eigenvalue weighted by Gasteiger charge is 1.29. The third-order valence-electron chi connectivity index (χ3n) is 0. The molecule has 0 aromatic carbocycles. The van der Waals surface area contributed by atoms with Gasteiger partial charge in [-0.1, -0.05) is 0 Å². The Bertz CT molecular complexity index is 28.0. The lowest BCUT2D eigenvalue weighted by atomic mass is 15.8. The van der Waals surface area contributed by atoms with E-state index in [9.17, 15) is 0 Å². The Hall–Kier alpha value is -0.703. The average molecular weight is 220 g/mol. The van der Waals surface area contributed by atoms with E-state index in [4.69, 9.17) is 14.1 Å². The molecule has 11 nitrogen and oxygen atoms in total. The van der Waals surface area contributed by atoms with E-state index in [1.165, 1.54) is 0 Å². The molecule has 88 valence electrons. The SMILES string of the molecule is O.O.O.O.O.O.O.O.O=[Si]([O-])[O-]. The average Bonchev–Trinajstić information content (AvgIpc) is 0.811. The van der Waals surface area contributed by atoms with Crippen molar-refractivity contribution in [2.24, 2.45) is 0 Å². The third-order valence-corrected chi connectivity index (χ3v) is 0. The zero-order chi connectivity index (χ0) is 3.58. The second-order valence-electron chi connectivity index (χ2n) is 0.250. The zero-order valence-corrected chi connectivity index (χ0v) is 6.72. The van der Waals surface area contributed by atoms with Crippen LogP contribution in [0.5, 0.6) is 0 Å². The first kappa shape index (κ1) is 227. The van der Waals surface area contributed by atoms with Crippen molar-refractivity contribution in [3.8, 4) is 0 Å². The molecule has 0 unspecified atom stereocenters. The largest absolute Gasteiger partial charge is 0.672 e. The molecule has 0 saturated carbocycles. The van der Waals surface area contributed by atoms with E-state index in [-0.39, 0.29) is 43.8 Å². The van der Waals surface area contributed by atoms with Crippen LogP contribution in [0.1, 0.15) is 0 Å². The first-order valence-corrected chi connectivity index (χ1v) is 1.84. The van der Waals surface area contributed by atoms with Crippen molar-refractivity contribution in [1.29, 1.82) is 0 Å². The first-order chi connectivity index (χ1) is 1.73. The smallest absolute Gasteiger partial charge is 0.0172 e. The highest BCUT2D eigenvalue weighted by Crippen LogP contribution is 0.990. The molecular formula is H16O11Si-2. The summed E-state index contributed by atoms with van der Waals surface area (Å²) in [5.41, 5.74) is 0. The molecule has 0 heterocycles. The van der Waals surface area contributed by atoms with Crippen molar-refractivity contribution in [3.63, 3.8) is 0 Å². The van der Waals surface area contributed by atoms with E-state index in [0.29, 0.717) is 0 Å². The predicted octanol–water partition coefficient (Wildman–Crippen LogP) is -9.48. The summed E-state index contributed by atoms with van der Waals surface area (Å²) in [5, 5.41) is 0. The summed E-state index contributed by atoms with van der Waals surface area (Å²) in [5.74, 6) is 0. The van der Waals surface area contributed by atoms with Gasteiger partial charge in [0.15, 0.2) is 0 Å². The maximum absolute atomic E-state index is 8.52. The van der Waals surface area contributed by atoms with Crippen LogP contribution >= 0.6 is 0 Å². The summed E-state index contributed by atoms with van der Waals surface area (Å²) < 4.78 is 8.52. The van der Waals surface area contributed by atoms with Crippen LogP contribution in [0.2, 0.25) is 0 Å². The first-order valence-electron chi connectivity index (χ1n) is 0.612. The van der Waals surface area contributed by atoms with Crippen molar-refractivity contribution in [2.75, 3.05) is 0 Å². The van der Waals surface area contributed by atoms with Gasteiger partial charge in [-0.15, -0.1) is 0 Å². The summed E-state index contributed by atoms with van der Waals surface area (Å²) in [7, 11) is -3.63. The highest BCUT2D eigenvalue weighted by molar-refractivity contribution is 6.17. The van der Waals surface area contributed by atoms with Gasteiger partial charge in [-0.3, -0.25) is 0 Å². The molecule has 0 aromatic heterocycles. The van der Waals surface area contributed by atoms with Crippen LogP contribution in [0.15, 0.2) is 0 Å². The van der Waals surface area contributed by atoms with Gasteiger partial charge in [-0.25, -0.2) is 0 Å². The van der Waals surface area contributed by atoms with Crippen molar-refractivity contribution < 1.29 is 57.9 Å². The van der Waals surface area contributed by atoms with Crippen molar-refractivity contribution in [2.45, 2.75) is 0 Å². The van der Waals surface area contributed by atoms with Gasteiger partial charge < -0.3 is 57.9 Å². The van der Waals surface area contributed by atoms with Crippen LogP contribution in [-0.4, -0.2) is 53.0 Å². The van der Waals surface area contributed by atoms with Crippen LogP contribution in [-0.2, 0) is 4.46 Å². The Morgan fingerprint density at radius 1 is 0.583 bits per heavy atom. The molecule has 12 heavy (non-hydrogen) atoms. The van der Waals surface area contributed by atoms with Gasteiger partial charge in [0.2, 0.25) is 0 Å². The molecule has 0 amide bonds. The fourth-order valence-corrected chi connectivity index (χ4v) is 0. The normalized spacial score (nSPS) is 2.00. The molecule has 16 N–H and O–H groups in total. The Labute approximate surface area is 68.3 Å². The van der Waals surface area contributed by atoms with E-state index in [1.807, 2.05) is 0 Å². The number of hydrogen-bond acceptors (Lipinski definition) is 3. The predicted molar refractivity (Wildman–Crippen MR) is 35.4 cm³/mol. The van der Waals surface area contributed by atoms with Gasteiger partial charge >= 0.3 is 0 Å². The van der Waals surface area contributed by atoms with E-state index in [1.54, 1.807) is 0 Å². The van der Waals surface area contributed by atoms with Crippen molar-refractivity contribution in [3.05, 3.63) is 0 Å². The standard InChI is InChI=1S/O3Si.8H2O/c1-4(2)3;;;;;;;;/h;8*1H2/q-2;;;;;;;;. The fraction of sp³-hybridized carbons (Fsp3) is 0. The quantitative estimate of drug-likeness (QED) is 0.358. The molecule has 0 bridgehead atoms. The summed E-state index contributed by atoms with van der Waals surface area (Å²) in [6, 6.07) is 0. The molecular weight excluding hydrogens is 204 g/mol.